The molecule has 2 aromatic heterocycles. The highest BCUT2D eigenvalue weighted by molar-refractivity contribution is 8.01. The number of hydrogen-bond acceptors (Lipinski definition) is 6. The Morgan fingerprint density at radius 3 is 2.89 bits per heavy atom. The van der Waals surface area contributed by atoms with Gasteiger partial charge < -0.3 is 4.74 Å². The Bertz CT molecular complexity index is 594. The van der Waals surface area contributed by atoms with Crippen molar-refractivity contribution in [2.24, 2.45) is 7.05 Å². The smallest absolute Gasteiger partial charge is 0.351 e. The van der Waals surface area contributed by atoms with Crippen molar-refractivity contribution >= 4 is 40.7 Å². The van der Waals surface area contributed by atoms with Crippen molar-refractivity contribution in [3.05, 3.63) is 21.8 Å². The van der Waals surface area contributed by atoms with Gasteiger partial charge in [-0.2, -0.15) is 5.10 Å². The van der Waals surface area contributed by atoms with Gasteiger partial charge in [0, 0.05) is 7.05 Å². The zero-order chi connectivity index (χ0) is 13.3. The van der Waals surface area contributed by atoms with E-state index < -0.39 is 5.97 Å². The molecule has 0 aliphatic carbocycles. The summed E-state index contributed by atoms with van der Waals surface area (Å²) in [6, 6.07) is 1.94. The fourth-order valence-electron chi connectivity index (χ4n) is 1.32. The first-order chi connectivity index (χ1) is 8.51. The van der Waals surface area contributed by atoms with E-state index in [0.29, 0.717) is 9.22 Å². The van der Waals surface area contributed by atoms with Gasteiger partial charge in [0.25, 0.3) is 0 Å². The third-order valence-corrected chi connectivity index (χ3v) is 4.66. The molecule has 0 aliphatic heterocycles. The molecule has 2 heterocycles. The van der Waals surface area contributed by atoms with E-state index >= 15 is 0 Å². The number of halogens is 1. The van der Waals surface area contributed by atoms with Gasteiger partial charge in [-0.25, -0.2) is 9.78 Å². The molecule has 8 heteroatoms. The van der Waals surface area contributed by atoms with Crippen LogP contribution in [0.5, 0.6) is 0 Å². The first-order valence-electron chi connectivity index (χ1n) is 4.94. The van der Waals surface area contributed by atoms with Gasteiger partial charge in [0.2, 0.25) is 0 Å². The maximum Gasteiger partial charge on any atom is 0.351 e. The highest BCUT2D eigenvalue weighted by Gasteiger charge is 2.18. The average molecular weight is 304 g/mol. The average Bonchev–Trinajstić information content (AvgIpc) is 2.82. The van der Waals surface area contributed by atoms with Crippen LogP contribution in [0.2, 0.25) is 5.15 Å². The Morgan fingerprint density at radius 2 is 2.33 bits per heavy atom. The van der Waals surface area contributed by atoms with Gasteiger partial charge >= 0.3 is 5.97 Å². The summed E-state index contributed by atoms with van der Waals surface area (Å²) < 4.78 is 7.07. The van der Waals surface area contributed by atoms with Crippen LogP contribution in [-0.2, 0) is 11.8 Å². The largest absolute Gasteiger partial charge is 0.465 e. The van der Waals surface area contributed by atoms with Crippen LogP contribution in [0.3, 0.4) is 0 Å². The van der Waals surface area contributed by atoms with E-state index in [4.69, 9.17) is 11.6 Å². The summed E-state index contributed by atoms with van der Waals surface area (Å²) in [4.78, 5) is 15.9. The number of ether oxygens (including phenoxy) is 1. The summed E-state index contributed by atoms with van der Waals surface area (Å²) >= 11 is 8.52. The van der Waals surface area contributed by atoms with E-state index in [-0.39, 0.29) is 5.15 Å². The maximum absolute atomic E-state index is 11.4. The van der Waals surface area contributed by atoms with Crippen molar-refractivity contribution in [3.8, 4) is 0 Å². The lowest BCUT2D eigenvalue weighted by Crippen LogP contribution is -1.98. The second-order valence-corrected chi connectivity index (χ2v) is 6.07. The lowest BCUT2D eigenvalue weighted by molar-refractivity contribution is 0.0606. The van der Waals surface area contributed by atoms with E-state index in [0.717, 1.165) is 10.7 Å². The number of carbonyl (C=O) groups is 1. The number of aromatic nitrogens is 3. The third-order valence-electron chi connectivity index (χ3n) is 2.09. The molecule has 96 valence electrons. The van der Waals surface area contributed by atoms with Crippen molar-refractivity contribution in [1.29, 1.82) is 0 Å². The van der Waals surface area contributed by atoms with Crippen LogP contribution in [0, 0.1) is 6.92 Å². The van der Waals surface area contributed by atoms with Crippen LogP contribution in [0.15, 0.2) is 15.4 Å². The normalized spacial score (nSPS) is 10.7. The topological polar surface area (TPSA) is 57.0 Å². The van der Waals surface area contributed by atoms with Gasteiger partial charge in [-0.1, -0.05) is 22.9 Å². The molecule has 2 rings (SSSR count). The second kappa shape index (κ2) is 5.29. The molecule has 18 heavy (non-hydrogen) atoms. The van der Waals surface area contributed by atoms with E-state index in [9.17, 15) is 4.79 Å². The van der Waals surface area contributed by atoms with Crippen LogP contribution in [0.4, 0.5) is 0 Å². The molecule has 0 unspecified atom stereocenters. The maximum atomic E-state index is 11.4. The van der Waals surface area contributed by atoms with E-state index in [1.165, 1.54) is 30.2 Å². The number of thiazole rings is 1. The Kier molecular flexibility index (Phi) is 3.94. The van der Waals surface area contributed by atoms with Gasteiger partial charge in [0.15, 0.2) is 14.4 Å². The summed E-state index contributed by atoms with van der Waals surface area (Å²) in [6.45, 7) is 1.92. The number of rotatable bonds is 3. The van der Waals surface area contributed by atoms with Crippen molar-refractivity contribution in [2.45, 2.75) is 16.3 Å². The van der Waals surface area contributed by atoms with Crippen molar-refractivity contribution < 1.29 is 9.53 Å². The summed E-state index contributed by atoms with van der Waals surface area (Å²) in [5, 5.41) is 5.35. The summed E-state index contributed by atoms with van der Waals surface area (Å²) in [5.74, 6) is -0.467. The SMILES string of the molecule is COC(=O)c1sc(Sc2cc(C)nn2C)nc1Cl. The molecule has 2 aromatic rings. The molecule has 0 radical (unpaired) electrons. The lowest BCUT2D eigenvalue weighted by atomic mass is 10.5. The number of hydrogen-bond donors (Lipinski definition) is 0. The summed E-state index contributed by atoms with van der Waals surface area (Å²) in [6.07, 6.45) is 0. The van der Waals surface area contributed by atoms with Crippen LogP contribution < -0.4 is 0 Å². The van der Waals surface area contributed by atoms with Gasteiger partial charge in [0.05, 0.1) is 12.8 Å². The van der Waals surface area contributed by atoms with Crippen LogP contribution in [0.25, 0.3) is 0 Å². The second-order valence-electron chi connectivity index (χ2n) is 3.44. The molecule has 5 nitrogen and oxygen atoms in total. The van der Waals surface area contributed by atoms with Crippen molar-refractivity contribution in [3.63, 3.8) is 0 Å². The number of methoxy groups -OCH3 is 1. The lowest BCUT2D eigenvalue weighted by Gasteiger charge is -1.96. The van der Waals surface area contributed by atoms with E-state index in [2.05, 4.69) is 14.8 Å². The molecule has 0 fully saturated rings. The zero-order valence-corrected chi connectivity index (χ0v) is 12.3. The Morgan fingerprint density at radius 1 is 1.61 bits per heavy atom. The predicted octanol–water partition coefficient (Wildman–Crippen LogP) is 2.78. The summed E-state index contributed by atoms with van der Waals surface area (Å²) in [7, 11) is 3.17. The van der Waals surface area contributed by atoms with E-state index in [1.807, 2.05) is 20.0 Å². The summed E-state index contributed by atoms with van der Waals surface area (Å²) in [5.41, 5.74) is 0.927. The molecular weight excluding hydrogens is 294 g/mol. The molecule has 0 bridgehead atoms. The molecule has 0 aliphatic rings. The van der Waals surface area contributed by atoms with Crippen LogP contribution in [0.1, 0.15) is 15.4 Å². The standard InChI is InChI=1S/C10H10ClN3O2S2/c1-5-4-6(14(2)13-5)17-10-12-8(11)7(18-10)9(15)16-3/h4H,1-3H3. The number of nitrogens with zero attached hydrogens (tertiary/aromatic N) is 3. The van der Waals surface area contributed by atoms with Gasteiger partial charge in [0.1, 0.15) is 5.03 Å². The van der Waals surface area contributed by atoms with Crippen molar-refractivity contribution in [2.75, 3.05) is 7.11 Å². The fourth-order valence-corrected chi connectivity index (χ4v) is 3.69. The highest BCUT2D eigenvalue weighted by Crippen LogP contribution is 2.35. The highest BCUT2D eigenvalue weighted by atomic mass is 35.5. The Labute approximate surface area is 117 Å². The molecule has 0 saturated carbocycles. The Balaban J connectivity index is 2.25. The quantitative estimate of drug-likeness (QED) is 0.816. The van der Waals surface area contributed by atoms with Gasteiger partial charge in [-0.3, -0.25) is 4.68 Å². The zero-order valence-electron chi connectivity index (χ0n) is 9.93. The molecule has 0 aromatic carbocycles. The van der Waals surface area contributed by atoms with E-state index in [1.54, 1.807) is 4.68 Å². The minimum absolute atomic E-state index is 0.174. The molecule has 0 atom stereocenters. The molecular formula is C10H10ClN3O2S2. The van der Waals surface area contributed by atoms with Gasteiger partial charge in [-0.15, -0.1) is 0 Å². The number of aryl methyl sites for hydroxylation is 2. The van der Waals surface area contributed by atoms with Gasteiger partial charge in [-0.05, 0) is 24.8 Å². The molecule has 0 spiro atoms. The van der Waals surface area contributed by atoms with Crippen LogP contribution in [-0.4, -0.2) is 27.8 Å². The predicted molar refractivity (Wildman–Crippen MR) is 70.5 cm³/mol. The number of esters is 1. The fraction of sp³-hybridized carbons (Fsp3) is 0.300. The minimum atomic E-state index is -0.467. The van der Waals surface area contributed by atoms with Crippen LogP contribution >= 0.6 is 34.7 Å². The molecule has 0 N–H and O–H groups in total. The third kappa shape index (κ3) is 2.68. The minimum Gasteiger partial charge on any atom is -0.465 e. The first-order valence-corrected chi connectivity index (χ1v) is 6.95. The Hall–Kier alpha value is -1.05. The number of carbonyl (C=O) groups excluding carboxylic acids is 1. The monoisotopic (exact) mass is 303 g/mol. The molecule has 0 saturated heterocycles. The first kappa shape index (κ1) is 13.4. The van der Waals surface area contributed by atoms with Crippen molar-refractivity contribution in [1.82, 2.24) is 14.8 Å². The molecule has 0 amide bonds.